The van der Waals surface area contributed by atoms with E-state index in [1.807, 2.05) is 0 Å². The monoisotopic (exact) mass is 403 g/mol. The summed E-state index contributed by atoms with van der Waals surface area (Å²) in [6.07, 6.45) is 0. The molecule has 1 aliphatic carbocycles. The van der Waals surface area contributed by atoms with E-state index in [1.165, 1.54) is 30.8 Å². The van der Waals surface area contributed by atoms with E-state index in [-0.39, 0.29) is 28.7 Å². The zero-order valence-electron chi connectivity index (χ0n) is 16.2. The van der Waals surface area contributed by atoms with Crippen molar-refractivity contribution in [3.05, 3.63) is 85.6 Å². The predicted octanol–water partition coefficient (Wildman–Crippen LogP) is 1.57. The van der Waals surface area contributed by atoms with Crippen LogP contribution in [0.25, 0.3) is 0 Å². The second-order valence-corrected chi connectivity index (χ2v) is 7.55. The summed E-state index contributed by atoms with van der Waals surface area (Å²) in [5.41, 5.74) is 1.27. The lowest BCUT2D eigenvalue weighted by molar-refractivity contribution is 0.0953. The molecule has 1 aliphatic heterocycles. The van der Waals surface area contributed by atoms with Crippen molar-refractivity contribution in [1.29, 1.82) is 0 Å². The zero-order valence-corrected chi connectivity index (χ0v) is 16.2. The fourth-order valence-corrected chi connectivity index (χ4v) is 4.46. The van der Waals surface area contributed by atoms with Crippen molar-refractivity contribution in [2.45, 2.75) is 5.92 Å². The van der Waals surface area contributed by atoms with E-state index >= 15 is 0 Å². The van der Waals surface area contributed by atoms with Gasteiger partial charge in [-0.3, -0.25) is 18.7 Å². The van der Waals surface area contributed by atoms with Gasteiger partial charge in [0.05, 0.1) is 17.2 Å². The number of aromatic nitrogens is 2. The Morgan fingerprint density at radius 1 is 0.867 bits per heavy atom. The molecule has 150 valence electrons. The number of benzene rings is 2. The van der Waals surface area contributed by atoms with Gasteiger partial charge in [0.25, 0.3) is 5.56 Å². The minimum atomic E-state index is -0.774. The molecule has 1 aromatic heterocycles. The number of hydrogen-bond donors (Lipinski definition) is 2. The van der Waals surface area contributed by atoms with Crippen LogP contribution in [0, 0.1) is 5.92 Å². The number of phenolic OH excluding ortho intramolecular Hbond substituents is 2. The molecule has 0 radical (unpaired) electrons. The Bertz CT molecular complexity index is 1410. The number of carbonyl (C=O) groups excluding carboxylic acids is 1. The van der Waals surface area contributed by atoms with Gasteiger partial charge in [-0.25, -0.2) is 9.79 Å². The summed E-state index contributed by atoms with van der Waals surface area (Å²) in [5, 5.41) is 19.8. The second kappa shape index (κ2) is 6.03. The summed E-state index contributed by atoms with van der Waals surface area (Å²) in [5.74, 6) is -2.20. The first-order chi connectivity index (χ1) is 14.3. The van der Waals surface area contributed by atoms with Crippen LogP contribution in [0.4, 0.5) is 5.82 Å². The number of nitrogens with zero attached hydrogens (tertiary/aromatic N) is 3. The molecule has 0 amide bonds. The Kier molecular flexibility index (Phi) is 3.64. The molecular formula is C22H17N3O5. The van der Waals surface area contributed by atoms with Crippen molar-refractivity contribution in [3.63, 3.8) is 0 Å². The fourth-order valence-electron chi connectivity index (χ4n) is 4.46. The Hall–Kier alpha value is -3.94. The smallest absolute Gasteiger partial charge is 0.332 e. The van der Waals surface area contributed by atoms with Crippen molar-refractivity contribution >= 4 is 17.3 Å². The minimum Gasteiger partial charge on any atom is -0.504 e. The van der Waals surface area contributed by atoms with Crippen LogP contribution in [0.3, 0.4) is 0 Å². The van der Waals surface area contributed by atoms with E-state index in [1.54, 1.807) is 30.3 Å². The lowest BCUT2D eigenvalue weighted by atomic mass is 9.76. The third kappa shape index (κ3) is 2.21. The maximum Gasteiger partial charge on any atom is 0.332 e. The van der Waals surface area contributed by atoms with Gasteiger partial charge in [-0.2, -0.15) is 0 Å². The Morgan fingerprint density at radius 3 is 2.27 bits per heavy atom. The summed E-state index contributed by atoms with van der Waals surface area (Å²) in [6.45, 7) is 0. The van der Waals surface area contributed by atoms with Gasteiger partial charge in [-0.1, -0.05) is 30.3 Å². The number of carbonyl (C=O) groups is 1. The van der Waals surface area contributed by atoms with Crippen LogP contribution in [-0.4, -0.2) is 30.8 Å². The lowest BCUT2D eigenvalue weighted by Gasteiger charge is -2.30. The summed E-state index contributed by atoms with van der Waals surface area (Å²) >= 11 is 0. The molecule has 0 bridgehead atoms. The molecule has 5 rings (SSSR count). The quantitative estimate of drug-likeness (QED) is 0.599. The van der Waals surface area contributed by atoms with Crippen molar-refractivity contribution < 1.29 is 15.0 Å². The van der Waals surface area contributed by atoms with Crippen LogP contribution >= 0.6 is 0 Å². The first kappa shape index (κ1) is 18.1. The van der Waals surface area contributed by atoms with Gasteiger partial charge in [0, 0.05) is 31.1 Å². The van der Waals surface area contributed by atoms with E-state index in [2.05, 4.69) is 4.99 Å². The number of fused-ring (bicyclic) bond motifs is 4. The number of hydrogen-bond acceptors (Lipinski definition) is 6. The van der Waals surface area contributed by atoms with Crippen LogP contribution < -0.4 is 11.2 Å². The fraction of sp³-hybridized carbons (Fsp3) is 0.182. The van der Waals surface area contributed by atoms with Crippen molar-refractivity contribution in [2.24, 2.45) is 25.0 Å². The van der Waals surface area contributed by atoms with Crippen LogP contribution in [0.1, 0.15) is 33.0 Å². The molecule has 2 aromatic carbocycles. The van der Waals surface area contributed by atoms with Crippen LogP contribution in [-0.2, 0) is 14.1 Å². The molecule has 0 spiro atoms. The number of aromatic hydroxyl groups is 2. The highest BCUT2D eigenvalue weighted by atomic mass is 16.3. The number of ketones is 1. The largest absolute Gasteiger partial charge is 0.504 e. The maximum atomic E-state index is 13.4. The summed E-state index contributed by atoms with van der Waals surface area (Å²) in [4.78, 5) is 43.6. The maximum absolute atomic E-state index is 13.4. The molecule has 0 fully saturated rings. The molecule has 3 aromatic rings. The van der Waals surface area contributed by atoms with Crippen molar-refractivity contribution in [1.82, 2.24) is 9.13 Å². The van der Waals surface area contributed by atoms with Crippen molar-refractivity contribution in [2.75, 3.05) is 0 Å². The van der Waals surface area contributed by atoms with E-state index in [0.717, 1.165) is 4.57 Å². The van der Waals surface area contributed by atoms with Gasteiger partial charge in [0.1, 0.15) is 5.82 Å². The third-order valence-electron chi connectivity index (χ3n) is 5.94. The average molecular weight is 403 g/mol. The summed E-state index contributed by atoms with van der Waals surface area (Å²) in [6, 6.07) is 11.3. The SMILES string of the molecule is Cn1c2c(c(=O)n(C)c1=O)[C@@H](c1ccc(O)c(O)c1)[C@@H]1C(=O)c3ccccc3C1=N2. The summed E-state index contributed by atoms with van der Waals surface area (Å²) in [7, 11) is 2.90. The minimum absolute atomic E-state index is 0.177. The number of Topliss-reactive ketones (excluding diaryl/α,β-unsaturated/α-hetero) is 1. The molecule has 2 N–H and O–H groups in total. The third-order valence-corrected chi connectivity index (χ3v) is 5.94. The molecule has 8 heteroatoms. The Balaban J connectivity index is 1.91. The van der Waals surface area contributed by atoms with Gasteiger partial charge in [0.15, 0.2) is 17.3 Å². The molecule has 2 heterocycles. The highest BCUT2D eigenvalue weighted by Gasteiger charge is 2.47. The van der Waals surface area contributed by atoms with Crippen LogP contribution in [0.2, 0.25) is 0 Å². The Labute approximate surface area is 170 Å². The van der Waals surface area contributed by atoms with Gasteiger partial charge in [-0.05, 0) is 17.7 Å². The molecule has 2 atom stereocenters. The first-order valence-electron chi connectivity index (χ1n) is 9.35. The molecular weight excluding hydrogens is 386 g/mol. The van der Waals surface area contributed by atoms with E-state index in [0.29, 0.717) is 22.4 Å². The van der Waals surface area contributed by atoms with Gasteiger partial charge in [0.2, 0.25) is 0 Å². The predicted molar refractivity (Wildman–Crippen MR) is 109 cm³/mol. The van der Waals surface area contributed by atoms with Crippen LogP contribution in [0.5, 0.6) is 11.5 Å². The molecule has 0 saturated carbocycles. The zero-order chi connectivity index (χ0) is 21.3. The average Bonchev–Trinajstić information content (AvgIpc) is 3.03. The van der Waals surface area contributed by atoms with Gasteiger partial charge < -0.3 is 10.2 Å². The second-order valence-electron chi connectivity index (χ2n) is 7.55. The molecule has 8 nitrogen and oxygen atoms in total. The molecule has 0 saturated heterocycles. The topological polar surface area (TPSA) is 114 Å². The Morgan fingerprint density at radius 2 is 1.57 bits per heavy atom. The first-order valence-corrected chi connectivity index (χ1v) is 9.35. The number of aliphatic imine (C=N–C) groups is 1. The van der Waals surface area contributed by atoms with E-state index < -0.39 is 23.1 Å². The van der Waals surface area contributed by atoms with Gasteiger partial charge >= 0.3 is 5.69 Å². The molecule has 2 aliphatic rings. The van der Waals surface area contributed by atoms with E-state index in [9.17, 15) is 24.6 Å². The van der Waals surface area contributed by atoms with Crippen molar-refractivity contribution in [3.8, 4) is 11.5 Å². The van der Waals surface area contributed by atoms with E-state index in [4.69, 9.17) is 0 Å². The number of phenols is 2. The highest BCUT2D eigenvalue weighted by Crippen LogP contribution is 2.47. The van der Waals surface area contributed by atoms with Crippen LogP contribution in [0.15, 0.2) is 57.0 Å². The summed E-state index contributed by atoms with van der Waals surface area (Å²) < 4.78 is 2.28. The molecule has 30 heavy (non-hydrogen) atoms. The molecule has 0 unspecified atom stereocenters. The highest BCUT2D eigenvalue weighted by molar-refractivity contribution is 6.30. The number of rotatable bonds is 1. The standard InChI is InChI=1S/C22H17N3O5/c1-24-20-17(21(29)25(2)22(24)30)15(10-7-8-13(26)14(27)9-10)16-18(23-20)11-5-3-4-6-12(11)19(16)28/h3-9,15-16,26-27H,1-2H3/t15-,16-/m0/s1. The lowest BCUT2D eigenvalue weighted by Crippen LogP contribution is -2.43. The normalized spacial score (nSPS) is 19.1. The van der Waals surface area contributed by atoms with Gasteiger partial charge in [-0.15, -0.1) is 0 Å².